The second kappa shape index (κ2) is 18.5. The van der Waals surface area contributed by atoms with Gasteiger partial charge in [0.1, 0.15) is 35.9 Å². The zero-order valence-electron chi connectivity index (χ0n) is 37.1. The minimum atomic E-state index is -0.582. The molecule has 14 heteroatoms. The van der Waals surface area contributed by atoms with E-state index in [4.69, 9.17) is 14.2 Å². The van der Waals surface area contributed by atoms with Gasteiger partial charge in [0, 0.05) is 57.1 Å². The summed E-state index contributed by atoms with van der Waals surface area (Å²) in [5, 5.41) is 11.2. The number of hydrogen-bond acceptors (Lipinski definition) is 10. The predicted molar refractivity (Wildman–Crippen MR) is 241 cm³/mol. The van der Waals surface area contributed by atoms with Gasteiger partial charge < -0.3 is 34.2 Å². The SMILES string of the molecule is CCN(C(=O)c1cc(F)ccc1Oc1nncnc1N1CC2=C(CN(C(=O)C[C@@H](Cc3ccc(OC(C)(C)C)cc3)NC(=O)OCC3c4ccccc4-c4ccccc43)C2)C1)C(C)C. The first kappa shape index (κ1) is 43.8. The van der Waals surface area contributed by atoms with Crippen LogP contribution in [0.1, 0.15) is 80.9 Å². The minimum Gasteiger partial charge on any atom is -0.488 e. The highest BCUT2D eigenvalue weighted by molar-refractivity contribution is 5.97. The number of anilines is 1. The van der Waals surface area contributed by atoms with Crippen LogP contribution < -0.4 is 19.7 Å². The van der Waals surface area contributed by atoms with Crippen molar-refractivity contribution >= 4 is 23.7 Å². The average molecular weight is 868 g/mol. The van der Waals surface area contributed by atoms with Crippen LogP contribution in [0.4, 0.5) is 15.0 Å². The highest BCUT2D eigenvalue weighted by atomic mass is 19.1. The fourth-order valence-electron chi connectivity index (χ4n) is 8.86. The number of halogens is 1. The van der Waals surface area contributed by atoms with E-state index in [0.29, 0.717) is 45.0 Å². The number of fused-ring (bicyclic) bond motifs is 3. The van der Waals surface area contributed by atoms with Gasteiger partial charge in [-0.05, 0) is 117 Å². The lowest BCUT2D eigenvalue weighted by Gasteiger charge is -2.27. The second-order valence-electron chi connectivity index (χ2n) is 17.8. The number of carbonyl (C=O) groups is 3. The summed E-state index contributed by atoms with van der Waals surface area (Å²) in [4.78, 5) is 51.1. The summed E-state index contributed by atoms with van der Waals surface area (Å²) < 4.78 is 32.6. The normalized spacial score (nSPS) is 14.9. The van der Waals surface area contributed by atoms with Crippen LogP contribution in [0.3, 0.4) is 0 Å². The smallest absolute Gasteiger partial charge is 0.407 e. The van der Waals surface area contributed by atoms with Gasteiger partial charge in [0.25, 0.3) is 11.8 Å². The summed E-state index contributed by atoms with van der Waals surface area (Å²) in [6.07, 6.45) is 1.21. The van der Waals surface area contributed by atoms with Crippen LogP contribution in [0, 0.1) is 5.82 Å². The van der Waals surface area contributed by atoms with Crippen LogP contribution in [0.2, 0.25) is 0 Å². The van der Waals surface area contributed by atoms with E-state index in [-0.39, 0.29) is 59.6 Å². The number of nitrogens with zero attached hydrogens (tertiary/aromatic N) is 6. The molecule has 1 N–H and O–H groups in total. The zero-order valence-corrected chi connectivity index (χ0v) is 37.1. The number of aromatic nitrogens is 3. The van der Waals surface area contributed by atoms with E-state index in [0.717, 1.165) is 44.7 Å². The summed E-state index contributed by atoms with van der Waals surface area (Å²) >= 11 is 0. The van der Waals surface area contributed by atoms with Crippen LogP contribution in [0.15, 0.2) is 108 Å². The quantitative estimate of drug-likeness (QED) is 0.108. The lowest BCUT2D eigenvalue weighted by atomic mass is 9.98. The molecule has 3 heterocycles. The van der Waals surface area contributed by atoms with Crippen LogP contribution in [-0.2, 0) is 16.0 Å². The van der Waals surface area contributed by atoms with Crippen LogP contribution in [0.5, 0.6) is 17.4 Å². The van der Waals surface area contributed by atoms with Crippen LogP contribution in [-0.4, -0.2) is 99.9 Å². The highest BCUT2D eigenvalue weighted by Gasteiger charge is 2.36. The Bertz CT molecular complexity index is 2510. The molecule has 2 aliphatic heterocycles. The molecule has 0 spiro atoms. The standard InChI is InChI=1S/C50H54FN7O6/c1-7-58(31(2)3)48(60)42-23-35(51)18-21-44(42)63-47-46(52-30-53-55-47)57-27-33-25-56(26-34(33)28-57)45(59)24-36(22-32-16-19-37(20-17-32)64-50(4,5)6)54-49(61)62-29-43-40-14-10-8-12-38(40)39-13-9-11-15-41(39)43/h8-21,23,30-31,36,43H,7,22,24-29H2,1-6H3,(H,54,61)/t36-/m1/s1. The molecule has 5 aromatic rings. The summed E-state index contributed by atoms with van der Waals surface area (Å²) in [5.41, 5.74) is 7.31. The number of nitrogens with one attached hydrogen (secondary N) is 1. The molecule has 1 aromatic heterocycles. The maximum atomic E-state index is 14.5. The van der Waals surface area contributed by atoms with Crippen LogP contribution in [0.25, 0.3) is 11.1 Å². The van der Waals surface area contributed by atoms with Crippen molar-refractivity contribution in [3.05, 3.63) is 137 Å². The van der Waals surface area contributed by atoms with Crippen molar-refractivity contribution in [3.8, 4) is 28.5 Å². The van der Waals surface area contributed by atoms with Gasteiger partial charge in [0.05, 0.1) is 5.56 Å². The molecule has 3 amide bonds. The molecule has 4 aromatic carbocycles. The zero-order chi connectivity index (χ0) is 45.1. The molecule has 1 atom stereocenters. The monoisotopic (exact) mass is 867 g/mol. The first-order valence-electron chi connectivity index (χ1n) is 21.8. The van der Waals surface area contributed by atoms with Gasteiger partial charge in [-0.1, -0.05) is 60.7 Å². The summed E-state index contributed by atoms with van der Waals surface area (Å²) in [6.45, 7) is 14.0. The summed E-state index contributed by atoms with van der Waals surface area (Å²) in [5.74, 6) is 0.234. The van der Waals surface area contributed by atoms with E-state index in [9.17, 15) is 18.8 Å². The molecule has 13 nitrogen and oxygen atoms in total. The Morgan fingerprint density at radius 2 is 1.55 bits per heavy atom. The number of amides is 3. The fourth-order valence-corrected chi connectivity index (χ4v) is 8.86. The molecule has 0 unspecified atom stereocenters. The Labute approximate surface area is 373 Å². The maximum Gasteiger partial charge on any atom is 0.407 e. The van der Waals surface area contributed by atoms with Crippen LogP contribution >= 0.6 is 0 Å². The molecule has 0 saturated heterocycles. The Morgan fingerprint density at radius 1 is 0.891 bits per heavy atom. The molecule has 3 aliphatic rings. The van der Waals surface area contributed by atoms with E-state index in [2.05, 4.69) is 44.8 Å². The van der Waals surface area contributed by atoms with Gasteiger partial charge in [-0.15, -0.1) is 10.2 Å². The van der Waals surface area contributed by atoms with Gasteiger partial charge in [0.15, 0.2) is 5.82 Å². The highest BCUT2D eigenvalue weighted by Crippen LogP contribution is 2.44. The van der Waals surface area contributed by atoms with Crippen molar-refractivity contribution in [3.63, 3.8) is 0 Å². The molecule has 0 saturated carbocycles. The maximum absolute atomic E-state index is 14.5. The molecule has 64 heavy (non-hydrogen) atoms. The van der Waals surface area contributed by atoms with Gasteiger partial charge in [-0.2, -0.15) is 0 Å². The van der Waals surface area contributed by atoms with E-state index in [1.54, 1.807) is 4.90 Å². The first-order valence-corrected chi connectivity index (χ1v) is 21.8. The second-order valence-corrected chi connectivity index (χ2v) is 17.8. The van der Waals surface area contributed by atoms with Crippen molar-refractivity contribution in [2.24, 2.45) is 0 Å². The molecular formula is C50H54FN7O6. The Morgan fingerprint density at radius 3 is 2.17 bits per heavy atom. The topological polar surface area (TPSA) is 139 Å². The largest absolute Gasteiger partial charge is 0.488 e. The Balaban J connectivity index is 0.927. The average Bonchev–Trinajstić information content (AvgIpc) is 3.95. The minimum absolute atomic E-state index is 0.0630. The third kappa shape index (κ3) is 9.70. The number of benzene rings is 4. The van der Waals surface area contributed by atoms with Crippen molar-refractivity contribution in [2.75, 3.05) is 44.2 Å². The van der Waals surface area contributed by atoms with Gasteiger partial charge >= 0.3 is 6.09 Å². The molecular weight excluding hydrogens is 814 g/mol. The molecule has 1 aliphatic carbocycles. The fraction of sp³-hybridized carbons (Fsp3) is 0.360. The van der Waals surface area contributed by atoms with Crippen molar-refractivity contribution in [1.29, 1.82) is 0 Å². The van der Waals surface area contributed by atoms with E-state index >= 15 is 0 Å². The van der Waals surface area contributed by atoms with Gasteiger partial charge in [0.2, 0.25) is 5.91 Å². The van der Waals surface area contributed by atoms with E-state index < -0.39 is 18.0 Å². The van der Waals surface area contributed by atoms with Crippen molar-refractivity contribution in [1.82, 2.24) is 30.3 Å². The molecule has 0 fully saturated rings. The molecule has 8 rings (SSSR count). The number of carbonyl (C=O) groups excluding carboxylic acids is 3. The molecule has 332 valence electrons. The van der Waals surface area contributed by atoms with Crippen molar-refractivity contribution < 1.29 is 33.0 Å². The van der Waals surface area contributed by atoms with E-state index in [1.165, 1.54) is 24.5 Å². The lowest BCUT2D eigenvalue weighted by Crippen LogP contribution is -2.42. The Kier molecular flexibility index (Phi) is 12.7. The summed E-state index contributed by atoms with van der Waals surface area (Å²) in [6, 6.07) is 27.3. The van der Waals surface area contributed by atoms with Gasteiger partial charge in [-0.25, -0.2) is 14.2 Å². The molecule has 0 bridgehead atoms. The van der Waals surface area contributed by atoms with Crippen molar-refractivity contribution in [2.45, 2.75) is 78.0 Å². The predicted octanol–water partition coefficient (Wildman–Crippen LogP) is 8.35. The number of rotatable bonds is 14. The van der Waals surface area contributed by atoms with Gasteiger partial charge in [-0.3, -0.25) is 9.59 Å². The van der Waals surface area contributed by atoms with E-state index in [1.807, 2.05) is 99.9 Å². The first-order chi connectivity index (χ1) is 30.7. The lowest BCUT2D eigenvalue weighted by molar-refractivity contribution is -0.130. The third-order valence-corrected chi connectivity index (χ3v) is 11.8. The Hall–Kier alpha value is -6.83. The third-order valence-electron chi connectivity index (χ3n) is 11.8. The molecule has 0 radical (unpaired) electrons. The number of hydrogen-bond donors (Lipinski definition) is 1. The number of ether oxygens (including phenoxy) is 3. The summed E-state index contributed by atoms with van der Waals surface area (Å²) in [7, 11) is 0. The number of alkyl carbamates (subject to hydrolysis) is 1.